The number of rotatable bonds is 6. The molecule has 1 N–H and O–H groups in total. The minimum Gasteiger partial charge on any atom is -0.321 e. The Morgan fingerprint density at radius 3 is 2.58 bits per heavy atom. The maximum absolute atomic E-state index is 12.5. The number of aromatic nitrogens is 2. The van der Waals surface area contributed by atoms with Crippen molar-refractivity contribution >= 4 is 46.5 Å². The van der Waals surface area contributed by atoms with Gasteiger partial charge in [0, 0.05) is 11.8 Å². The van der Waals surface area contributed by atoms with Gasteiger partial charge in [0.05, 0.1) is 9.82 Å². The zero-order valence-electron chi connectivity index (χ0n) is 16.9. The van der Waals surface area contributed by atoms with E-state index < -0.39 is 10.8 Å². The molecule has 0 saturated carbocycles. The Kier molecular flexibility index (Phi) is 6.79. The van der Waals surface area contributed by atoms with E-state index in [-0.39, 0.29) is 11.3 Å². The second-order valence-corrected chi connectivity index (χ2v) is 9.07. The number of nitro benzene ring substituents is 1. The maximum atomic E-state index is 12.5. The van der Waals surface area contributed by atoms with E-state index in [0.29, 0.717) is 20.5 Å². The molecule has 0 radical (unpaired) electrons. The molecule has 0 bridgehead atoms. The molecule has 0 fully saturated rings. The normalized spacial score (nSPS) is 11.1. The largest absolute Gasteiger partial charge is 0.321 e. The van der Waals surface area contributed by atoms with E-state index in [0.717, 1.165) is 27.9 Å². The Hall–Kier alpha value is -3.55. The Morgan fingerprint density at radius 1 is 1.19 bits per heavy atom. The molecular formula is C21H17N5O3S2. The second-order valence-electron chi connectivity index (χ2n) is 6.60. The minimum absolute atomic E-state index is 0.140. The van der Waals surface area contributed by atoms with E-state index in [1.165, 1.54) is 23.5 Å². The third-order valence-electron chi connectivity index (χ3n) is 4.33. The van der Waals surface area contributed by atoms with Crippen LogP contribution in [0.4, 0.5) is 11.4 Å². The van der Waals surface area contributed by atoms with Crippen LogP contribution in [0.25, 0.3) is 6.08 Å². The highest BCUT2D eigenvalue weighted by molar-refractivity contribution is 8.01. The van der Waals surface area contributed by atoms with E-state index >= 15 is 0 Å². The molecule has 0 spiro atoms. The average molecular weight is 452 g/mol. The van der Waals surface area contributed by atoms with Crippen LogP contribution in [0.5, 0.6) is 0 Å². The first-order valence-corrected chi connectivity index (χ1v) is 10.7. The zero-order valence-corrected chi connectivity index (χ0v) is 18.5. The van der Waals surface area contributed by atoms with Crippen molar-refractivity contribution in [2.24, 2.45) is 0 Å². The van der Waals surface area contributed by atoms with Crippen molar-refractivity contribution < 1.29 is 9.72 Å². The monoisotopic (exact) mass is 451 g/mol. The highest BCUT2D eigenvalue weighted by atomic mass is 32.2. The maximum Gasteiger partial charge on any atom is 0.283 e. The van der Waals surface area contributed by atoms with Gasteiger partial charge in [-0.1, -0.05) is 35.2 Å². The van der Waals surface area contributed by atoms with Gasteiger partial charge in [0.1, 0.15) is 16.6 Å². The fraction of sp³-hybridized carbons (Fsp3) is 0.143. The number of carbonyl (C=O) groups excluding carboxylic acids is 1. The topological polar surface area (TPSA) is 122 Å². The molecule has 3 rings (SSSR count). The molecule has 1 amide bonds. The van der Waals surface area contributed by atoms with E-state index in [1.54, 1.807) is 25.1 Å². The van der Waals surface area contributed by atoms with Crippen molar-refractivity contribution in [1.82, 2.24) is 10.2 Å². The van der Waals surface area contributed by atoms with Crippen LogP contribution < -0.4 is 5.32 Å². The van der Waals surface area contributed by atoms with Crippen molar-refractivity contribution in [1.29, 1.82) is 5.26 Å². The zero-order chi connectivity index (χ0) is 22.5. The molecule has 8 nitrogen and oxygen atoms in total. The first kappa shape index (κ1) is 22.1. The van der Waals surface area contributed by atoms with Crippen LogP contribution in [0, 0.1) is 42.2 Å². The van der Waals surface area contributed by atoms with Crippen molar-refractivity contribution in [3.8, 4) is 6.07 Å². The molecule has 156 valence electrons. The highest BCUT2D eigenvalue weighted by Gasteiger charge is 2.18. The average Bonchev–Trinajstić information content (AvgIpc) is 3.14. The Labute approximate surface area is 186 Å². The molecule has 3 aromatic rings. The molecule has 0 atom stereocenters. The molecule has 1 aromatic heterocycles. The molecular weight excluding hydrogens is 434 g/mol. The summed E-state index contributed by atoms with van der Waals surface area (Å²) in [5.41, 5.74) is 2.74. The standard InChI is InChI=1S/C21H17N5O3S2/c1-12-4-6-17(8-13(12)2)23-20(27)16(11-22)9-15-5-7-19(18(10-15)26(28)29)31-21-25-24-14(3)30-21/h4-10H,1-3H3,(H,23,27)/b16-9+. The predicted octanol–water partition coefficient (Wildman–Crippen LogP) is 5.07. The van der Waals surface area contributed by atoms with Gasteiger partial charge < -0.3 is 5.32 Å². The van der Waals surface area contributed by atoms with Crippen molar-refractivity contribution in [3.63, 3.8) is 0 Å². The summed E-state index contributed by atoms with van der Waals surface area (Å²) in [5, 5.41) is 32.3. The van der Waals surface area contributed by atoms with Crippen molar-refractivity contribution in [2.75, 3.05) is 5.32 Å². The van der Waals surface area contributed by atoms with Crippen molar-refractivity contribution in [2.45, 2.75) is 30.0 Å². The summed E-state index contributed by atoms with van der Waals surface area (Å²) in [6.07, 6.45) is 1.33. The first-order valence-electron chi connectivity index (χ1n) is 9.03. The quantitative estimate of drug-likeness (QED) is 0.240. The highest BCUT2D eigenvalue weighted by Crippen LogP contribution is 2.37. The van der Waals surface area contributed by atoms with E-state index in [2.05, 4.69) is 15.5 Å². The summed E-state index contributed by atoms with van der Waals surface area (Å²) in [6.45, 7) is 5.69. The smallest absolute Gasteiger partial charge is 0.283 e. The van der Waals surface area contributed by atoms with Crippen LogP contribution in [0.2, 0.25) is 0 Å². The molecule has 0 aliphatic rings. The van der Waals surface area contributed by atoms with Gasteiger partial charge in [-0.25, -0.2) is 0 Å². The van der Waals surface area contributed by atoms with Gasteiger partial charge in [-0.3, -0.25) is 14.9 Å². The van der Waals surface area contributed by atoms with Gasteiger partial charge in [0.2, 0.25) is 0 Å². The number of nitrogens with zero attached hydrogens (tertiary/aromatic N) is 4. The first-order chi connectivity index (χ1) is 14.8. The summed E-state index contributed by atoms with van der Waals surface area (Å²) in [5.74, 6) is -0.587. The van der Waals surface area contributed by atoms with Crippen LogP contribution >= 0.6 is 23.1 Å². The summed E-state index contributed by atoms with van der Waals surface area (Å²) in [6, 6.07) is 11.8. The predicted molar refractivity (Wildman–Crippen MR) is 120 cm³/mol. The van der Waals surface area contributed by atoms with Crippen LogP contribution in [0.1, 0.15) is 21.7 Å². The van der Waals surface area contributed by atoms with Gasteiger partial charge in [0.15, 0.2) is 4.34 Å². The molecule has 2 aromatic carbocycles. The SMILES string of the molecule is Cc1nnc(Sc2ccc(/C=C(\C#N)C(=O)Nc3ccc(C)c(C)c3)cc2[N+](=O)[O-])s1. The van der Waals surface area contributed by atoms with Crippen LogP contribution in [-0.4, -0.2) is 21.0 Å². The number of carbonyl (C=O) groups is 1. The lowest BCUT2D eigenvalue weighted by Crippen LogP contribution is -2.13. The van der Waals surface area contributed by atoms with Gasteiger partial charge in [-0.05, 0) is 61.7 Å². The minimum atomic E-state index is -0.587. The lowest BCUT2D eigenvalue weighted by atomic mass is 10.1. The number of amides is 1. The van der Waals surface area contributed by atoms with E-state index in [4.69, 9.17) is 0 Å². The summed E-state index contributed by atoms with van der Waals surface area (Å²) in [4.78, 5) is 24.0. The fourth-order valence-electron chi connectivity index (χ4n) is 2.60. The lowest BCUT2D eigenvalue weighted by Gasteiger charge is -2.07. The van der Waals surface area contributed by atoms with E-state index in [1.807, 2.05) is 32.0 Å². The van der Waals surface area contributed by atoms with Crippen molar-refractivity contribution in [3.05, 3.63) is 73.8 Å². The molecule has 0 unspecified atom stereocenters. The van der Waals surface area contributed by atoms with Gasteiger partial charge in [0.25, 0.3) is 11.6 Å². The number of anilines is 1. The molecule has 0 saturated heterocycles. The number of benzene rings is 2. The number of hydrogen-bond acceptors (Lipinski definition) is 8. The Morgan fingerprint density at radius 2 is 1.97 bits per heavy atom. The number of nitrogens with one attached hydrogen (secondary N) is 1. The lowest BCUT2D eigenvalue weighted by molar-refractivity contribution is -0.387. The third-order valence-corrected chi connectivity index (χ3v) is 6.28. The Balaban J connectivity index is 1.86. The Bertz CT molecular complexity index is 1240. The van der Waals surface area contributed by atoms with Crippen LogP contribution in [-0.2, 0) is 4.79 Å². The fourth-order valence-corrected chi connectivity index (χ4v) is 4.46. The van der Waals surface area contributed by atoms with Gasteiger partial charge >= 0.3 is 0 Å². The van der Waals surface area contributed by atoms with Gasteiger partial charge in [-0.2, -0.15) is 5.26 Å². The number of hydrogen-bond donors (Lipinski definition) is 1. The summed E-state index contributed by atoms with van der Waals surface area (Å²) >= 11 is 2.48. The molecule has 0 aliphatic carbocycles. The number of nitriles is 1. The van der Waals surface area contributed by atoms with Gasteiger partial charge in [-0.15, -0.1) is 10.2 Å². The molecule has 10 heteroatoms. The molecule has 1 heterocycles. The number of aryl methyl sites for hydroxylation is 3. The summed E-state index contributed by atoms with van der Waals surface area (Å²) in [7, 11) is 0. The van der Waals surface area contributed by atoms with E-state index in [9.17, 15) is 20.2 Å². The summed E-state index contributed by atoms with van der Waals surface area (Å²) < 4.78 is 0.592. The molecule has 0 aliphatic heterocycles. The number of nitro groups is 1. The molecule has 31 heavy (non-hydrogen) atoms. The second kappa shape index (κ2) is 9.51. The van der Waals surface area contributed by atoms with Crippen LogP contribution in [0.3, 0.4) is 0 Å². The van der Waals surface area contributed by atoms with Crippen LogP contribution in [0.15, 0.2) is 51.2 Å². The third kappa shape index (κ3) is 5.53.